The third-order valence-corrected chi connectivity index (χ3v) is 3.10. The van der Waals surface area contributed by atoms with Gasteiger partial charge in [0.05, 0.1) is 0 Å². The Kier molecular flexibility index (Phi) is 3.42. The van der Waals surface area contributed by atoms with E-state index >= 15 is 0 Å². The molecule has 1 saturated carbocycles. The molecule has 19 heavy (non-hydrogen) atoms. The number of rotatable bonds is 4. The van der Waals surface area contributed by atoms with Crippen molar-refractivity contribution in [2.24, 2.45) is 0 Å². The summed E-state index contributed by atoms with van der Waals surface area (Å²) in [4.78, 5) is 24.3. The van der Waals surface area contributed by atoms with Gasteiger partial charge >= 0.3 is 5.97 Å². The number of carboxylic acid groups (broad SMARTS) is 1. The summed E-state index contributed by atoms with van der Waals surface area (Å²) in [6.45, 7) is 1.30. The number of aromatic hydroxyl groups is 1. The van der Waals surface area contributed by atoms with Crippen LogP contribution in [0.2, 0.25) is 0 Å². The molecule has 2 N–H and O–H groups in total. The van der Waals surface area contributed by atoms with E-state index in [2.05, 4.69) is 0 Å². The Morgan fingerprint density at radius 2 is 2.05 bits per heavy atom. The van der Waals surface area contributed by atoms with Gasteiger partial charge in [-0.3, -0.25) is 4.79 Å². The maximum Gasteiger partial charge on any atom is 0.331 e. The van der Waals surface area contributed by atoms with Gasteiger partial charge in [-0.2, -0.15) is 0 Å². The van der Waals surface area contributed by atoms with E-state index in [4.69, 9.17) is 5.11 Å². The maximum atomic E-state index is 13.3. The second-order valence-corrected chi connectivity index (χ2v) is 4.61. The lowest BCUT2D eigenvalue weighted by Crippen LogP contribution is -2.39. The van der Waals surface area contributed by atoms with Gasteiger partial charge < -0.3 is 15.1 Å². The number of benzene rings is 1. The largest absolute Gasteiger partial charge is 0.505 e. The van der Waals surface area contributed by atoms with Gasteiger partial charge in [0.2, 0.25) is 5.91 Å². The third kappa shape index (κ3) is 2.67. The number of carbonyl (C=O) groups excluding carboxylic acids is 1. The SMILES string of the molecule is CC(=O)N(C1CC1)C(C(=O)O)c1ccc(O)c(F)c1. The van der Waals surface area contributed by atoms with Crippen LogP contribution in [-0.2, 0) is 9.59 Å². The molecule has 1 aliphatic carbocycles. The Labute approximate surface area is 109 Å². The van der Waals surface area contributed by atoms with Crippen molar-refractivity contribution in [3.8, 4) is 5.75 Å². The fourth-order valence-electron chi connectivity index (χ4n) is 2.12. The quantitative estimate of drug-likeness (QED) is 0.869. The minimum Gasteiger partial charge on any atom is -0.505 e. The van der Waals surface area contributed by atoms with Gasteiger partial charge in [-0.05, 0) is 30.5 Å². The van der Waals surface area contributed by atoms with E-state index in [0.717, 1.165) is 25.0 Å². The normalized spacial score (nSPS) is 15.9. The van der Waals surface area contributed by atoms with E-state index < -0.39 is 23.6 Å². The molecule has 102 valence electrons. The molecular weight excluding hydrogens is 253 g/mol. The molecule has 0 spiro atoms. The lowest BCUT2D eigenvalue weighted by atomic mass is 10.0. The zero-order valence-corrected chi connectivity index (χ0v) is 10.3. The van der Waals surface area contributed by atoms with Gasteiger partial charge in [-0.1, -0.05) is 6.07 Å². The number of nitrogens with zero attached hydrogens (tertiary/aromatic N) is 1. The van der Waals surface area contributed by atoms with Crippen molar-refractivity contribution >= 4 is 11.9 Å². The van der Waals surface area contributed by atoms with Gasteiger partial charge in [-0.15, -0.1) is 0 Å². The molecule has 0 aliphatic heterocycles. The smallest absolute Gasteiger partial charge is 0.331 e. The summed E-state index contributed by atoms with van der Waals surface area (Å²) in [5.41, 5.74) is 0.143. The average Bonchev–Trinajstić information content (AvgIpc) is 3.12. The highest BCUT2D eigenvalue weighted by molar-refractivity contribution is 5.84. The number of hydrogen-bond acceptors (Lipinski definition) is 3. The summed E-state index contributed by atoms with van der Waals surface area (Å²) in [5.74, 6) is -3.02. The molecule has 5 nitrogen and oxygen atoms in total. The Morgan fingerprint density at radius 3 is 2.47 bits per heavy atom. The molecule has 0 radical (unpaired) electrons. The molecule has 0 saturated heterocycles. The zero-order valence-electron chi connectivity index (χ0n) is 10.3. The second-order valence-electron chi connectivity index (χ2n) is 4.61. The predicted molar refractivity (Wildman–Crippen MR) is 64.0 cm³/mol. The first-order valence-electron chi connectivity index (χ1n) is 5.92. The van der Waals surface area contributed by atoms with Crippen molar-refractivity contribution in [2.75, 3.05) is 0 Å². The highest BCUT2D eigenvalue weighted by Gasteiger charge is 2.40. The first kappa shape index (κ1) is 13.3. The zero-order chi connectivity index (χ0) is 14.2. The molecular formula is C13H14FNO4. The standard InChI is InChI=1S/C13H14FNO4/c1-7(16)15(9-3-4-9)12(13(18)19)8-2-5-11(17)10(14)6-8/h2,5-6,9,12,17H,3-4H2,1H3,(H,18,19). The van der Waals surface area contributed by atoms with Crippen LogP contribution in [-0.4, -0.2) is 33.0 Å². The van der Waals surface area contributed by atoms with Gasteiger partial charge in [-0.25, -0.2) is 9.18 Å². The average molecular weight is 267 g/mol. The van der Waals surface area contributed by atoms with E-state index in [0.29, 0.717) is 0 Å². The molecule has 2 rings (SSSR count). The van der Waals surface area contributed by atoms with E-state index in [-0.39, 0.29) is 17.5 Å². The summed E-state index contributed by atoms with van der Waals surface area (Å²) in [7, 11) is 0. The van der Waals surface area contributed by atoms with Crippen LogP contribution in [0.4, 0.5) is 4.39 Å². The first-order valence-corrected chi connectivity index (χ1v) is 5.92. The molecule has 1 fully saturated rings. The number of phenolic OH excluding ortho intramolecular Hbond substituents is 1. The van der Waals surface area contributed by atoms with Crippen LogP contribution >= 0.6 is 0 Å². The van der Waals surface area contributed by atoms with Crippen LogP contribution in [0.15, 0.2) is 18.2 Å². The molecule has 1 unspecified atom stereocenters. The third-order valence-electron chi connectivity index (χ3n) is 3.10. The van der Waals surface area contributed by atoms with Crippen LogP contribution in [0.25, 0.3) is 0 Å². The molecule has 0 bridgehead atoms. The van der Waals surface area contributed by atoms with E-state index in [1.165, 1.54) is 17.9 Å². The molecule has 1 aromatic rings. The number of phenols is 1. The van der Waals surface area contributed by atoms with Gasteiger partial charge in [0, 0.05) is 13.0 Å². The summed E-state index contributed by atoms with van der Waals surface area (Å²) < 4.78 is 13.3. The van der Waals surface area contributed by atoms with Crippen LogP contribution in [0, 0.1) is 5.82 Å². The lowest BCUT2D eigenvalue weighted by molar-refractivity contribution is -0.150. The van der Waals surface area contributed by atoms with Crippen molar-refractivity contribution in [3.05, 3.63) is 29.6 Å². The van der Waals surface area contributed by atoms with Crippen molar-refractivity contribution in [2.45, 2.75) is 31.8 Å². The Morgan fingerprint density at radius 1 is 1.42 bits per heavy atom. The van der Waals surface area contributed by atoms with E-state index in [1.54, 1.807) is 0 Å². The molecule has 6 heteroatoms. The number of aliphatic carboxylic acids is 1. The maximum absolute atomic E-state index is 13.3. The van der Waals surface area contributed by atoms with Crippen molar-refractivity contribution < 1.29 is 24.2 Å². The monoisotopic (exact) mass is 267 g/mol. The Hall–Kier alpha value is -2.11. The van der Waals surface area contributed by atoms with Gasteiger partial charge in [0.15, 0.2) is 17.6 Å². The number of halogens is 1. The molecule has 0 aromatic heterocycles. The molecule has 1 aliphatic rings. The Bertz CT molecular complexity index is 527. The van der Waals surface area contributed by atoms with Crippen LogP contribution in [0.3, 0.4) is 0 Å². The molecule has 1 aromatic carbocycles. The van der Waals surface area contributed by atoms with Crippen molar-refractivity contribution in [1.29, 1.82) is 0 Å². The number of hydrogen-bond donors (Lipinski definition) is 2. The van der Waals surface area contributed by atoms with Crippen molar-refractivity contribution in [3.63, 3.8) is 0 Å². The Balaban J connectivity index is 2.41. The highest BCUT2D eigenvalue weighted by atomic mass is 19.1. The summed E-state index contributed by atoms with van der Waals surface area (Å²) in [5, 5.41) is 18.4. The predicted octanol–water partition coefficient (Wildman–Crippen LogP) is 1.67. The van der Waals surface area contributed by atoms with Crippen LogP contribution in [0.5, 0.6) is 5.75 Å². The van der Waals surface area contributed by atoms with Crippen LogP contribution < -0.4 is 0 Å². The molecule has 1 atom stereocenters. The second kappa shape index (κ2) is 4.87. The van der Waals surface area contributed by atoms with Crippen LogP contribution in [0.1, 0.15) is 31.4 Å². The van der Waals surface area contributed by atoms with Crippen molar-refractivity contribution in [1.82, 2.24) is 4.90 Å². The highest BCUT2D eigenvalue weighted by Crippen LogP contribution is 2.35. The fourth-order valence-corrected chi connectivity index (χ4v) is 2.12. The lowest BCUT2D eigenvalue weighted by Gasteiger charge is -2.28. The fraction of sp³-hybridized carbons (Fsp3) is 0.385. The number of carboxylic acids is 1. The number of carbonyl (C=O) groups is 2. The minimum absolute atomic E-state index is 0.101. The minimum atomic E-state index is -1.22. The molecule has 0 heterocycles. The summed E-state index contributed by atoms with van der Waals surface area (Å²) in [6.07, 6.45) is 1.51. The summed E-state index contributed by atoms with van der Waals surface area (Å²) >= 11 is 0. The van der Waals surface area contributed by atoms with Gasteiger partial charge in [0.1, 0.15) is 0 Å². The van der Waals surface area contributed by atoms with E-state index in [9.17, 15) is 19.1 Å². The van der Waals surface area contributed by atoms with Gasteiger partial charge in [0.25, 0.3) is 0 Å². The summed E-state index contributed by atoms with van der Waals surface area (Å²) in [6, 6.07) is 2.03. The first-order chi connectivity index (χ1) is 8.91. The van der Waals surface area contributed by atoms with E-state index in [1.807, 2.05) is 0 Å². The number of amides is 1. The molecule has 1 amide bonds. The topological polar surface area (TPSA) is 77.8 Å².